The van der Waals surface area contributed by atoms with Gasteiger partial charge in [-0.05, 0) is 6.07 Å². The van der Waals surface area contributed by atoms with Crippen molar-refractivity contribution in [1.29, 1.82) is 0 Å². The third-order valence-corrected chi connectivity index (χ3v) is 5.64. The molecule has 0 bridgehead atoms. The molecule has 2 aliphatic rings. The van der Waals surface area contributed by atoms with E-state index in [2.05, 4.69) is 20.8 Å². The van der Waals surface area contributed by atoms with Gasteiger partial charge in [0.25, 0.3) is 5.56 Å². The molecular formula is C17H13ClN6O3. The predicted molar refractivity (Wildman–Crippen MR) is 98.8 cm³/mol. The maximum Gasteiger partial charge on any atom is 0.332 e. The van der Waals surface area contributed by atoms with Crippen molar-refractivity contribution in [3.63, 3.8) is 0 Å². The Labute approximate surface area is 156 Å². The second-order valence-corrected chi connectivity index (χ2v) is 6.99. The first-order valence-corrected chi connectivity index (χ1v) is 8.48. The highest BCUT2D eigenvalue weighted by Crippen LogP contribution is 2.54. The van der Waals surface area contributed by atoms with E-state index < -0.39 is 22.6 Å². The smallest absolute Gasteiger partial charge is 0.326 e. The van der Waals surface area contributed by atoms with Crippen LogP contribution < -0.4 is 21.9 Å². The summed E-state index contributed by atoms with van der Waals surface area (Å²) in [6, 6.07) is 5.13. The highest BCUT2D eigenvalue weighted by Gasteiger charge is 2.57. The molecule has 4 heterocycles. The van der Waals surface area contributed by atoms with Crippen LogP contribution in [0.1, 0.15) is 16.7 Å². The van der Waals surface area contributed by atoms with Crippen LogP contribution in [0, 0.1) is 0 Å². The van der Waals surface area contributed by atoms with Crippen molar-refractivity contribution in [2.45, 2.75) is 5.41 Å². The molecule has 0 aliphatic carbocycles. The Morgan fingerprint density at radius 2 is 1.85 bits per heavy atom. The molecule has 0 saturated carbocycles. The fourth-order valence-electron chi connectivity index (χ4n) is 4.06. The summed E-state index contributed by atoms with van der Waals surface area (Å²) in [5.41, 5.74) is -0.904. The van der Waals surface area contributed by atoms with Gasteiger partial charge in [-0.1, -0.05) is 23.7 Å². The molecule has 2 aromatic heterocycles. The molecule has 1 spiro atoms. The van der Waals surface area contributed by atoms with Crippen LogP contribution in [-0.2, 0) is 24.3 Å². The number of hydrogen-bond acceptors (Lipinski definition) is 5. The number of nitrogens with zero attached hydrogens (tertiary/aromatic N) is 3. The van der Waals surface area contributed by atoms with Gasteiger partial charge in [0, 0.05) is 25.2 Å². The Balaban J connectivity index is 2.05. The normalized spacial score (nSPS) is 19.3. The summed E-state index contributed by atoms with van der Waals surface area (Å²) in [4.78, 5) is 39.0. The van der Waals surface area contributed by atoms with Crippen molar-refractivity contribution in [2.24, 2.45) is 14.1 Å². The quantitative estimate of drug-likeness (QED) is 0.530. The molecule has 1 amide bonds. The van der Waals surface area contributed by atoms with Crippen LogP contribution in [0.25, 0.3) is 0 Å². The average Bonchev–Trinajstić information content (AvgIpc) is 3.23. The molecule has 1 aromatic carbocycles. The number of rotatable bonds is 0. The summed E-state index contributed by atoms with van der Waals surface area (Å²) >= 11 is 6.30. The summed E-state index contributed by atoms with van der Waals surface area (Å²) < 4.78 is 2.29. The van der Waals surface area contributed by atoms with Crippen LogP contribution in [0.4, 0.5) is 17.3 Å². The maximum atomic E-state index is 13.4. The topological polar surface area (TPSA) is 114 Å². The van der Waals surface area contributed by atoms with E-state index >= 15 is 0 Å². The van der Waals surface area contributed by atoms with Crippen molar-refractivity contribution in [3.05, 3.63) is 66.9 Å². The Morgan fingerprint density at radius 3 is 2.63 bits per heavy atom. The lowest BCUT2D eigenvalue weighted by Gasteiger charge is -2.34. The minimum Gasteiger partial charge on any atom is -0.326 e. The molecule has 3 aromatic rings. The first kappa shape index (κ1) is 15.9. The number of halogens is 1. The SMILES string of the molecule is Cn1c2c(c(=O)n(C)c1=O)C1(C(=O)Nc3c(Cl)cccc31)c1cn[nH]c1N2. The predicted octanol–water partition coefficient (Wildman–Crippen LogP) is 0.804. The van der Waals surface area contributed by atoms with Gasteiger partial charge in [0.2, 0.25) is 5.91 Å². The van der Waals surface area contributed by atoms with E-state index in [-0.39, 0.29) is 11.4 Å². The van der Waals surface area contributed by atoms with Crippen molar-refractivity contribution in [3.8, 4) is 0 Å². The second kappa shape index (κ2) is 4.89. The van der Waals surface area contributed by atoms with Crippen molar-refractivity contribution >= 4 is 34.8 Å². The van der Waals surface area contributed by atoms with E-state index in [0.29, 0.717) is 27.7 Å². The molecule has 3 N–H and O–H groups in total. The number of nitrogens with one attached hydrogen (secondary N) is 3. The third-order valence-electron chi connectivity index (χ3n) is 5.32. The number of hydrogen-bond donors (Lipinski definition) is 3. The number of anilines is 3. The average molecular weight is 385 g/mol. The number of aromatic amines is 1. The number of amides is 1. The van der Waals surface area contributed by atoms with Crippen molar-refractivity contribution in [2.75, 3.05) is 10.6 Å². The van der Waals surface area contributed by atoms with E-state index in [1.165, 1.54) is 24.9 Å². The minimum atomic E-state index is -1.47. The minimum absolute atomic E-state index is 0.152. The Bertz CT molecular complexity index is 1290. The van der Waals surface area contributed by atoms with Crippen LogP contribution >= 0.6 is 11.6 Å². The molecule has 0 saturated heterocycles. The third kappa shape index (κ3) is 1.65. The Kier molecular flexibility index (Phi) is 2.88. The molecule has 1 unspecified atom stereocenters. The van der Waals surface area contributed by atoms with Gasteiger partial charge in [-0.25, -0.2) is 4.79 Å². The molecule has 0 radical (unpaired) electrons. The van der Waals surface area contributed by atoms with Crippen molar-refractivity contribution < 1.29 is 4.79 Å². The van der Waals surface area contributed by atoms with Gasteiger partial charge in [-0.15, -0.1) is 0 Å². The standard InChI is InChI=1S/C17H13ClN6O3/c1-23-13-10(14(25)24(2)16(23)27)17(8-6-19-22-12(8)21-13)7-4-3-5-9(18)11(7)20-15(17)26/h3-6H,1-2H3,(H,20,26)(H2,19,21,22). The Morgan fingerprint density at radius 1 is 1.07 bits per heavy atom. The van der Waals surface area contributed by atoms with E-state index in [0.717, 1.165) is 4.57 Å². The molecule has 2 aliphatic heterocycles. The maximum absolute atomic E-state index is 13.4. The van der Waals surface area contributed by atoms with Crippen LogP contribution in [0.3, 0.4) is 0 Å². The number of para-hydroxylation sites is 1. The summed E-state index contributed by atoms with van der Waals surface area (Å²) in [6.07, 6.45) is 1.51. The zero-order valence-electron chi connectivity index (χ0n) is 14.3. The number of aromatic nitrogens is 4. The van der Waals surface area contributed by atoms with Gasteiger partial charge in [0.1, 0.15) is 17.1 Å². The van der Waals surface area contributed by atoms with Crippen LogP contribution in [0.15, 0.2) is 34.0 Å². The van der Waals surface area contributed by atoms with Crippen LogP contribution in [0.5, 0.6) is 0 Å². The number of H-pyrrole nitrogens is 1. The zero-order valence-corrected chi connectivity index (χ0v) is 15.0. The first-order valence-electron chi connectivity index (χ1n) is 8.10. The van der Waals surface area contributed by atoms with Crippen molar-refractivity contribution in [1.82, 2.24) is 19.3 Å². The molecule has 1 atom stereocenters. The molecule has 9 nitrogen and oxygen atoms in total. The lowest BCUT2D eigenvalue weighted by molar-refractivity contribution is -0.118. The lowest BCUT2D eigenvalue weighted by atomic mass is 9.69. The highest BCUT2D eigenvalue weighted by atomic mass is 35.5. The summed E-state index contributed by atoms with van der Waals surface area (Å²) in [5.74, 6) is 0.253. The number of carbonyl (C=O) groups is 1. The van der Waals surface area contributed by atoms with Gasteiger partial charge < -0.3 is 10.6 Å². The molecule has 0 fully saturated rings. The van der Waals surface area contributed by atoms with Crippen LogP contribution in [0.2, 0.25) is 5.02 Å². The van der Waals surface area contributed by atoms with E-state index in [1.54, 1.807) is 18.2 Å². The molecule has 27 heavy (non-hydrogen) atoms. The molecule has 10 heteroatoms. The van der Waals surface area contributed by atoms with E-state index in [4.69, 9.17) is 11.6 Å². The van der Waals surface area contributed by atoms with E-state index in [1.807, 2.05) is 0 Å². The number of fused-ring (bicyclic) bond motifs is 6. The largest absolute Gasteiger partial charge is 0.332 e. The lowest BCUT2D eigenvalue weighted by Crippen LogP contribution is -2.50. The highest BCUT2D eigenvalue weighted by molar-refractivity contribution is 6.35. The fourth-order valence-corrected chi connectivity index (χ4v) is 4.28. The fraction of sp³-hybridized carbons (Fsp3) is 0.176. The first-order chi connectivity index (χ1) is 12.9. The monoisotopic (exact) mass is 384 g/mol. The van der Waals surface area contributed by atoms with Gasteiger partial charge >= 0.3 is 5.69 Å². The summed E-state index contributed by atoms with van der Waals surface area (Å²) in [5, 5.41) is 13.0. The van der Waals surface area contributed by atoms with Gasteiger partial charge in [-0.2, -0.15) is 5.10 Å². The zero-order chi connectivity index (χ0) is 19.1. The second-order valence-electron chi connectivity index (χ2n) is 6.58. The van der Waals surface area contributed by atoms with Gasteiger partial charge in [0.15, 0.2) is 0 Å². The van der Waals surface area contributed by atoms with E-state index in [9.17, 15) is 14.4 Å². The van der Waals surface area contributed by atoms with Gasteiger partial charge in [-0.3, -0.25) is 23.8 Å². The number of benzene rings is 1. The van der Waals surface area contributed by atoms with Crippen LogP contribution in [-0.4, -0.2) is 25.2 Å². The Hall–Kier alpha value is -3.33. The van der Waals surface area contributed by atoms with Gasteiger partial charge in [0.05, 0.1) is 22.5 Å². The number of carbonyl (C=O) groups excluding carboxylic acids is 1. The molecule has 136 valence electrons. The summed E-state index contributed by atoms with van der Waals surface area (Å²) in [7, 11) is 2.92. The molecular weight excluding hydrogens is 372 g/mol. The summed E-state index contributed by atoms with van der Waals surface area (Å²) in [6.45, 7) is 0. The molecule has 5 rings (SSSR count).